The number of benzene rings is 3. The summed E-state index contributed by atoms with van der Waals surface area (Å²) in [5.41, 5.74) is -1.84. The number of fused-ring (bicyclic) bond motifs is 4. The quantitative estimate of drug-likeness (QED) is 0.0331. The van der Waals surface area contributed by atoms with Crippen LogP contribution in [-0.2, 0) is 19.5 Å². The van der Waals surface area contributed by atoms with E-state index in [1.807, 2.05) is 0 Å². The number of aryl methyl sites for hydroxylation is 2. The summed E-state index contributed by atoms with van der Waals surface area (Å²) in [5, 5.41) is 14.2. The summed E-state index contributed by atoms with van der Waals surface area (Å²) >= 11 is 0.632. The monoisotopic (exact) mass is 712 g/mol. The predicted molar refractivity (Wildman–Crippen MR) is 172 cm³/mol. The normalized spacial score (nSPS) is 12.3. The Balaban J connectivity index is 0.00000312. The first kappa shape index (κ1) is 40.5. The SMILES string of the molecule is Cc1ccc2c(c1)c(=O)c1cc3c(cc1n2C(=O)C(C)(C)CSOO[O-])c(=O)c1cc(C)ccc1n3C(=O)C(C)(C)CS(=O)(=O)[O-].[Na+].[Na+]. The van der Waals surface area contributed by atoms with Gasteiger partial charge >= 0.3 is 59.1 Å². The van der Waals surface area contributed by atoms with Gasteiger partial charge in [0.2, 0.25) is 11.8 Å². The van der Waals surface area contributed by atoms with Crippen LogP contribution in [0.2, 0.25) is 0 Å². The first-order valence-corrected chi connectivity index (χ1v) is 16.6. The van der Waals surface area contributed by atoms with E-state index in [2.05, 4.69) is 9.37 Å². The maximum Gasteiger partial charge on any atom is 1.00 e. The third-order valence-corrected chi connectivity index (χ3v) is 10.0. The van der Waals surface area contributed by atoms with Crippen molar-refractivity contribution < 1.29 is 96.3 Å². The van der Waals surface area contributed by atoms with Crippen molar-refractivity contribution in [3.8, 4) is 0 Å². The van der Waals surface area contributed by atoms with E-state index >= 15 is 0 Å². The average molecular weight is 713 g/mol. The van der Waals surface area contributed by atoms with E-state index in [1.54, 1.807) is 64.1 Å². The van der Waals surface area contributed by atoms with Crippen molar-refractivity contribution in [2.45, 2.75) is 41.5 Å². The van der Waals surface area contributed by atoms with Gasteiger partial charge in [0.05, 0.1) is 48.8 Å². The third-order valence-electron chi connectivity index (χ3n) is 7.96. The molecule has 0 unspecified atom stereocenters. The molecule has 12 nitrogen and oxygen atoms in total. The molecule has 16 heteroatoms. The molecule has 2 aromatic heterocycles. The Morgan fingerprint density at radius 2 is 1.12 bits per heavy atom. The smallest absolute Gasteiger partial charge is 0.748 e. The van der Waals surface area contributed by atoms with E-state index in [1.165, 1.54) is 35.1 Å². The Bertz CT molecular complexity index is 2350. The number of rotatable bonds is 8. The zero-order valence-electron chi connectivity index (χ0n) is 27.8. The van der Waals surface area contributed by atoms with Crippen molar-refractivity contribution in [1.29, 1.82) is 0 Å². The molecule has 0 aliphatic heterocycles. The number of aromatic nitrogens is 2. The Morgan fingerprint density at radius 1 is 0.729 bits per heavy atom. The van der Waals surface area contributed by atoms with E-state index in [0.717, 1.165) is 5.56 Å². The summed E-state index contributed by atoms with van der Waals surface area (Å²) in [6.07, 6.45) is 0. The maximum absolute atomic E-state index is 14.3. The van der Waals surface area contributed by atoms with Crippen molar-refractivity contribution in [1.82, 2.24) is 9.13 Å². The molecule has 3 aromatic carbocycles. The maximum atomic E-state index is 14.3. The minimum Gasteiger partial charge on any atom is -0.748 e. The van der Waals surface area contributed by atoms with Crippen LogP contribution < -0.4 is 75.2 Å². The topological polar surface area (TPSA) is 177 Å². The predicted octanol–water partition coefficient (Wildman–Crippen LogP) is -2.00. The van der Waals surface area contributed by atoms with Gasteiger partial charge in [-0.1, -0.05) is 51.0 Å². The molecule has 0 amide bonds. The molecule has 0 saturated heterocycles. The van der Waals surface area contributed by atoms with Crippen LogP contribution in [0.15, 0.2) is 58.1 Å². The fourth-order valence-corrected chi connectivity index (χ4v) is 7.23. The molecule has 0 fully saturated rings. The van der Waals surface area contributed by atoms with Gasteiger partial charge in [-0.05, 0) is 50.2 Å². The molecule has 0 saturated carbocycles. The Labute approximate surface area is 324 Å². The van der Waals surface area contributed by atoms with Crippen LogP contribution in [0.1, 0.15) is 48.4 Å². The second-order valence-corrected chi connectivity index (χ2v) is 14.8. The first-order valence-electron chi connectivity index (χ1n) is 14.1. The molecule has 2 heterocycles. The van der Waals surface area contributed by atoms with Gasteiger partial charge in [-0.2, -0.15) is 4.33 Å². The van der Waals surface area contributed by atoms with Gasteiger partial charge in [-0.15, -0.1) is 0 Å². The second kappa shape index (κ2) is 14.7. The van der Waals surface area contributed by atoms with E-state index in [9.17, 15) is 37.4 Å². The van der Waals surface area contributed by atoms with E-state index in [4.69, 9.17) is 0 Å². The van der Waals surface area contributed by atoms with Crippen molar-refractivity contribution in [2.75, 3.05) is 11.5 Å². The van der Waals surface area contributed by atoms with E-state index in [-0.39, 0.29) is 108 Å². The second-order valence-electron chi connectivity index (χ2n) is 12.7. The molecule has 48 heavy (non-hydrogen) atoms. The minimum absolute atomic E-state index is 0. The molecule has 0 N–H and O–H groups in total. The van der Waals surface area contributed by atoms with Crippen LogP contribution in [0.3, 0.4) is 0 Å². The molecule has 0 radical (unpaired) electrons. The molecule has 0 aliphatic rings. The van der Waals surface area contributed by atoms with Gasteiger partial charge in [0.1, 0.15) is 0 Å². The number of hydrogen-bond donors (Lipinski definition) is 0. The van der Waals surface area contributed by atoms with Crippen LogP contribution in [-0.4, -0.2) is 45.4 Å². The van der Waals surface area contributed by atoms with E-state index < -0.39 is 49.4 Å². The molecule has 0 aliphatic carbocycles. The zero-order valence-corrected chi connectivity index (χ0v) is 33.5. The molecular weight excluding hydrogens is 682 g/mol. The summed E-state index contributed by atoms with van der Waals surface area (Å²) in [7, 11) is -4.84. The van der Waals surface area contributed by atoms with Crippen molar-refractivity contribution in [3.63, 3.8) is 0 Å². The summed E-state index contributed by atoms with van der Waals surface area (Å²) < 4.78 is 42.2. The number of nitrogens with zero attached hydrogens (tertiary/aromatic N) is 2. The number of carbonyl (C=O) groups is 2. The Hall–Kier alpha value is -1.92. The zero-order chi connectivity index (χ0) is 33.9. The summed E-state index contributed by atoms with van der Waals surface area (Å²) in [4.78, 5) is 56.6. The van der Waals surface area contributed by atoms with Gasteiger partial charge in [-0.25, -0.2) is 8.42 Å². The number of carbonyl (C=O) groups excluding carboxylic acids is 2. The summed E-state index contributed by atoms with van der Waals surface area (Å²) in [6, 6.07) is 12.6. The van der Waals surface area contributed by atoms with Gasteiger partial charge in [0.25, 0.3) is 0 Å². The molecule has 0 atom stereocenters. The fraction of sp³-hybridized carbons (Fsp3) is 0.312. The molecule has 242 valence electrons. The first-order chi connectivity index (χ1) is 21.4. The summed E-state index contributed by atoms with van der Waals surface area (Å²) in [6.45, 7) is 9.42. The number of hydrogen-bond acceptors (Lipinski definition) is 11. The Kier molecular flexibility index (Phi) is 12.4. The van der Waals surface area contributed by atoms with E-state index in [0.29, 0.717) is 17.6 Å². The summed E-state index contributed by atoms with van der Waals surface area (Å²) in [5.74, 6) is -2.28. The minimum atomic E-state index is -4.84. The van der Waals surface area contributed by atoms with Gasteiger partial charge in [0, 0.05) is 39.3 Å². The van der Waals surface area contributed by atoms with Gasteiger partial charge < -0.3 is 9.81 Å². The van der Waals surface area contributed by atoms with Crippen LogP contribution in [0.4, 0.5) is 0 Å². The third kappa shape index (κ3) is 7.55. The average Bonchev–Trinajstić information content (AvgIpc) is 2.96. The largest absolute Gasteiger partial charge is 1.00 e. The van der Waals surface area contributed by atoms with Crippen LogP contribution in [0.25, 0.3) is 43.6 Å². The van der Waals surface area contributed by atoms with Crippen LogP contribution >= 0.6 is 12.0 Å². The van der Waals surface area contributed by atoms with Crippen LogP contribution in [0.5, 0.6) is 0 Å². The molecule has 5 aromatic rings. The molecule has 0 bridgehead atoms. The van der Waals surface area contributed by atoms with Crippen molar-refractivity contribution in [3.05, 3.63) is 80.1 Å². The van der Waals surface area contributed by atoms with Crippen LogP contribution in [0, 0.1) is 24.7 Å². The van der Waals surface area contributed by atoms with Crippen molar-refractivity contribution >= 4 is 77.6 Å². The molecule has 0 spiro atoms. The van der Waals surface area contributed by atoms with Crippen molar-refractivity contribution in [2.24, 2.45) is 10.8 Å². The van der Waals surface area contributed by atoms with Gasteiger partial charge in [-0.3, -0.25) is 33.4 Å². The fourth-order valence-electron chi connectivity index (χ4n) is 5.71. The standard InChI is InChI=1S/C32H32N2O10S2.2Na/c1-17-7-9-23-19(11-17)27(35)21-14-26-22(13-25(21)33(23)29(37)31(3,4)15-45-44-43-39)28(36)20-12-18(2)8-10-24(20)34(26)30(38)32(5,6)16-46(40,41)42;;/h7-14,39H,15-16H2,1-6H3,(H,40,41,42);;/q;2*+1/p-2. The van der Waals surface area contributed by atoms with Gasteiger partial charge in [0.15, 0.2) is 10.9 Å². The number of pyridine rings is 2. The molecule has 5 rings (SSSR count). The molecular formula is C32H30N2Na2O10S2. The Morgan fingerprint density at radius 3 is 1.52 bits per heavy atom.